The minimum Gasteiger partial charge on any atom is -0.333 e. The fraction of sp³-hybridized carbons (Fsp3) is 0.636. The van der Waals surface area contributed by atoms with Crippen LogP contribution in [0, 0.1) is 0 Å². The van der Waals surface area contributed by atoms with Crippen LogP contribution in [0.1, 0.15) is 86.9 Å². The fourth-order valence-corrected chi connectivity index (χ4v) is 4.70. The molecule has 4 nitrogen and oxygen atoms in total. The third kappa shape index (κ3) is 3.65. The monoisotopic (exact) mass is 356 g/mol. The van der Waals surface area contributed by atoms with Crippen molar-refractivity contribution in [3.05, 3.63) is 35.4 Å². The number of rotatable bonds is 2. The normalized spacial score (nSPS) is 29.5. The summed E-state index contributed by atoms with van der Waals surface area (Å²) in [6.07, 6.45) is 6.64. The van der Waals surface area contributed by atoms with Gasteiger partial charge in [-0.15, -0.1) is 0 Å². The molecule has 0 bridgehead atoms. The van der Waals surface area contributed by atoms with E-state index in [0.717, 1.165) is 25.7 Å². The first kappa shape index (κ1) is 18.9. The Morgan fingerprint density at radius 3 is 1.19 bits per heavy atom. The van der Waals surface area contributed by atoms with Gasteiger partial charge in [0.1, 0.15) is 0 Å². The van der Waals surface area contributed by atoms with Gasteiger partial charge < -0.3 is 9.80 Å². The van der Waals surface area contributed by atoms with Gasteiger partial charge in [0.05, 0.1) is 0 Å². The number of hydrogen-bond donors (Lipinski definition) is 0. The highest BCUT2D eigenvalue weighted by Gasteiger charge is 2.31. The van der Waals surface area contributed by atoms with Crippen LogP contribution in [0.4, 0.5) is 0 Å². The number of carbonyl (C=O) groups excluding carboxylic acids is 2. The summed E-state index contributed by atoms with van der Waals surface area (Å²) in [5, 5.41) is 0. The minimum atomic E-state index is 0.0865. The first-order chi connectivity index (χ1) is 12.4. The summed E-state index contributed by atoms with van der Waals surface area (Å²) in [6, 6.07) is 8.41. The van der Waals surface area contributed by atoms with Crippen LogP contribution in [0.25, 0.3) is 0 Å². The Bertz CT molecular complexity index is 578. The second kappa shape index (κ2) is 7.81. The Labute approximate surface area is 157 Å². The molecule has 0 spiro atoms. The lowest BCUT2D eigenvalue weighted by Crippen LogP contribution is -2.48. The highest BCUT2D eigenvalue weighted by molar-refractivity contribution is 5.98. The molecule has 2 aliphatic rings. The van der Waals surface area contributed by atoms with E-state index in [2.05, 4.69) is 27.7 Å². The number of benzene rings is 1. The third-order valence-electron chi connectivity index (χ3n) is 6.23. The van der Waals surface area contributed by atoms with Crippen molar-refractivity contribution in [3.63, 3.8) is 0 Å². The van der Waals surface area contributed by atoms with Crippen molar-refractivity contribution in [1.82, 2.24) is 9.80 Å². The predicted octanol–water partition coefficient (Wildman–Crippen LogP) is 4.49. The zero-order valence-corrected chi connectivity index (χ0v) is 16.6. The molecule has 1 aromatic carbocycles. The van der Waals surface area contributed by atoms with E-state index in [-0.39, 0.29) is 36.0 Å². The van der Waals surface area contributed by atoms with Crippen LogP contribution in [0.2, 0.25) is 0 Å². The van der Waals surface area contributed by atoms with E-state index in [1.807, 2.05) is 34.1 Å². The Kier molecular flexibility index (Phi) is 5.69. The van der Waals surface area contributed by atoms with Crippen molar-refractivity contribution in [2.45, 2.75) is 90.4 Å². The highest BCUT2D eigenvalue weighted by atomic mass is 16.2. The van der Waals surface area contributed by atoms with Gasteiger partial charge >= 0.3 is 0 Å². The second-order valence-corrected chi connectivity index (χ2v) is 8.26. The molecule has 0 unspecified atom stereocenters. The Morgan fingerprint density at radius 2 is 0.923 bits per heavy atom. The van der Waals surface area contributed by atoms with Crippen LogP contribution in [0.3, 0.4) is 0 Å². The van der Waals surface area contributed by atoms with Gasteiger partial charge in [0, 0.05) is 35.3 Å². The first-order valence-electron chi connectivity index (χ1n) is 10.2. The average Bonchev–Trinajstić information content (AvgIpc) is 2.61. The summed E-state index contributed by atoms with van der Waals surface area (Å²) in [7, 11) is 0. The van der Waals surface area contributed by atoms with Crippen LogP contribution in [-0.4, -0.2) is 45.8 Å². The van der Waals surface area contributed by atoms with Crippen LogP contribution >= 0.6 is 0 Å². The number of nitrogens with zero attached hydrogens (tertiary/aromatic N) is 2. The summed E-state index contributed by atoms with van der Waals surface area (Å²) in [5.41, 5.74) is 1.36. The van der Waals surface area contributed by atoms with Crippen LogP contribution < -0.4 is 0 Å². The molecule has 2 fully saturated rings. The van der Waals surface area contributed by atoms with Crippen molar-refractivity contribution in [2.75, 3.05) is 0 Å². The van der Waals surface area contributed by atoms with E-state index < -0.39 is 0 Å². The van der Waals surface area contributed by atoms with Crippen LogP contribution in [0.5, 0.6) is 0 Å². The molecule has 0 saturated carbocycles. The van der Waals surface area contributed by atoms with E-state index in [1.54, 1.807) is 0 Å². The third-order valence-corrected chi connectivity index (χ3v) is 6.23. The fourth-order valence-electron chi connectivity index (χ4n) is 4.70. The van der Waals surface area contributed by atoms with E-state index in [1.165, 1.54) is 12.8 Å². The van der Waals surface area contributed by atoms with E-state index in [9.17, 15) is 9.59 Å². The maximum absolute atomic E-state index is 12.9. The molecule has 2 amide bonds. The lowest BCUT2D eigenvalue weighted by Gasteiger charge is -2.39. The number of hydrogen-bond acceptors (Lipinski definition) is 2. The number of amides is 2. The molecular weight excluding hydrogens is 324 g/mol. The zero-order chi connectivity index (χ0) is 18.8. The average molecular weight is 357 g/mol. The van der Waals surface area contributed by atoms with Crippen LogP contribution in [-0.2, 0) is 0 Å². The van der Waals surface area contributed by atoms with Crippen molar-refractivity contribution in [1.29, 1.82) is 0 Å². The predicted molar refractivity (Wildman–Crippen MR) is 104 cm³/mol. The molecule has 1 aromatic rings. The Balaban J connectivity index is 1.75. The molecule has 0 N–H and O–H groups in total. The largest absolute Gasteiger partial charge is 0.333 e. The van der Waals surface area contributed by atoms with Crippen molar-refractivity contribution in [2.24, 2.45) is 0 Å². The zero-order valence-electron chi connectivity index (χ0n) is 16.6. The maximum Gasteiger partial charge on any atom is 0.254 e. The van der Waals surface area contributed by atoms with Crippen molar-refractivity contribution in [3.8, 4) is 0 Å². The summed E-state index contributed by atoms with van der Waals surface area (Å²) < 4.78 is 0. The first-order valence-corrected chi connectivity index (χ1v) is 10.2. The lowest BCUT2D eigenvalue weighted by atomic mass is 9.95. The quantitative estimate of drug-likeness (QED) is 0.783. The van der Waals surface area contributed by atoms with Gasteiger partial charge in [0.25, 0.3) is 11.8 Å². The smallest absolute Gasteiger partial charge is 0.254 e. The van der Waals surface area contributed by atoms with Gasteiger partial charge in [0.15, 0.2) is 0 Å². The molecular formula is C22H32N2O2. The highest BCUT2D eigenvalue weighted by Crippen LogP contribution is 2.26. The molecule has 142 valence electrons. The van der Waals surface area contributed by atoms with E-state index >= 15 is 0 Å². The molecule has 0 radical (unpaired) electrons. The van der Waals surface area contributed by atoms with Crippen LogP contribution in [0.15, 0.2) is 24.3 Å². The molecule has 3 rings (SSSR count). The standard InChI is InChI=1S/C22H32N2O2/c1-15-7-5-8-16(2)23(15)21(25)19-11-13-20(14-12-19)22(26)24-17(3)9-6-10-18(24)4/h11-18H,5-10H2,1-4H3/t15-,16-,17-,18-/m1/s1. The number of likely N-dealkylation sites (tertiary alicyclic amines) is 2. The van der Waals surface area contributed by atoms with Gasteiger partial charge in [-0.25, -0.2) is 0 Å². The molecule has 0 aromatic heterocycles. The summed E-state index contributed by atoms with van der Waals surface area (Å²) in [6.45, 7) is 8.52. The van der Waals surface area contributed by atoms with Gasteiger partial charge in [-0.3, -0.25) is 9.59 Å². The molecule has 2 saturated heterocycles. The van der Waals surface area contributed by atoms with Crippen molar-refractivity contribution >= 4 is 11.8 Å². The molecule has 0 aliphatic carbocycles. The summed E-state index contributed by atoms with van der Waals surface area (Å²) >= 11 is 0. The van der Waals surface area contributed by atoms with Crippen molar-refractivity contribution < 1.29 is 9.59 Å². The van der Waals surface area contributed by atoms with Gasteiger partial charge in [-0.05, 0) is 90.5 Å². The molecule has 4 atom stereocenters. The Morgan fingerprint density at radius 1 is 0.654 bits per heavy atom. The molecule has 26 heavy (non-hydrogen) atoms. The maximum atomic E-state index is 12.9. The second-order valence-electron chi connectivity index (χ2n) is 8.26. The molecule has 2 aliphatic heterocycles. The molecule has 4 heteroatoms. The number of piperidine rings is 2. The van der Waals surface area contributed by atoms with Gasteiger partial charge in [0.2, 0.25) is 0 Å². The van der Waals surface area contributed by atoms with Gasteiger partial charge in [-0.2, -0.15) is 0 Å². The Hall–Kier alpha value is -1.84. The topological polar surface area (TPSA) is 40.6 Å². The SMILES string of the molecule is C[C@@H]1CCC[C@@H](C)N1C(=O)c1ccc(C(=O)N2[C@H](C)CCC[C@H]2C)cc1. The minimum absolute atomic E-state index is 0.0865. The van der Waals surface area contributed by atoms with Gasteiger partial charge in [-0.1, -0.05) is 0 Å². The van der Waals surface area contributed by atoms with E-state index in [0.29, 0.717) is 11.1 Å². The summed E-state index contributed by atoms with van der Waals surface area (Å²) in [4.78, 5) is 29.9. The lowest BCUT2D eigenvalue weighted by molar-refractivity contribution is 0.0497. The molecule has 2 heterocycles. The number of carbonyl (C=O) groups is 2. The van der Waals surface area contributed by atoms with E-state index in [4.69, 9.17) is 0 Å². The summed E-state index contributed by atoms with van der Waals surface area (Å²) in [5.74, 6) is 0.173.